The summed E-state index contributed by atoms with van der Waals surface area (Å²) in [4.78, 5) is 24.0. The van der Waals surface area contributed by atoms with Gasteiger partial charge in [-0.3, -0.25) is 14.3 Å². The number of hydrogen-bond donors (Lipinski definition) is 0. The van der Waals surface area contributed by atoms with Crippen LogP contribution in [0.2, 0.25) is 0 Å². The van der Waals surface area contributed by atoms with E-state index in [1.165, 1.54) is 76.3 Å². The molecule has 5 nitrogen and oxygen atoms in total. The predicted molar refractivity (Wildman–Crippen MR) is 150 cm³/mol. The number of halogens is 1. The molecule has 0 radical (unpaired) electrons. The quantitative estimate of drug-likeness (QED) is 0.359. The minimum atomic E-state index is -0.238. The van der Waals surface area contributed by atoms with Gasteiger partial charge in [-0.2, -0.15) is 0 Å². The van der Waals surface area contributed by atoms with Crippen LogP contribution < -0.4 is 0 Å². The van der Waals surface area contributed by atoms with Crippen molar-refractivity contribution in [3.8, 4) is 5.69 Å². The van der Waals surface area contributed by atoms with Gasteiger partial charge in [0.05, 0.1) is 23.5 Å². The molecule has 0 spiro atoms. The van der Waals surface area contributed by atoms with Crippen LogP contribution in [-0.2, 0) is 11.3 Å². The van der Waals surface area contributed by atoms with Crippen molar-refractivity contribution in [3.63, 3.8) is 0 Å². The highest BCUT2D eigenvalue weighted by Gasteiger charge is 2.37. The lowest BCUT2D eigenvalue weighted by molar-refractivity contribution is -0.144. The number of fused-ring (bicyclic) bond motifs is 1. The molecule has 3 aliphatic rings. The van der Waals surface area contributed by atoms with Gasteiger partial charge in [-0.1, -0.05) is 50.7 Å². The van der Waals surface area contributed by atoms with Crippen LogP contribution in [0.25, 0.3) is 16.7 Å². The second-order valence-corrected chi connectivity index (χ2v) is 11.7. The number of piperidine rings is 1. The Balaban J connectivity index is 1.23. The molecule has 202 valence electrons. The monoisotopic (exact) mass is 516 g/mol. The fraction of sp³-hybridized carbons (Fsp3) is 0.562. The number of imidazole rings is 1. The fourth-order valence-corrected chi connectivity index (χ4v) is 7.25. The number of carbonyl (C=O) groups is 1. The Kier molecular flexibility index (Phi) is 7.77. The normalized spacial score (nSPS) is 22.1. The predicted octanol–water partition coefficient (Wildman–Crippen LogP) is 6.87. The second-order valence-electron chi connectivity index (χ2n) is 11.7. The molecule has 0 bridgehead atoms. The van der Waals surface area contributed by atoms with E-state index in [4.69, 9.17) is 4.98 Å². The van der Waals surface area contributed by atoms with Crippen LogP contribution in [0, 0.1) is 11.7 Å². The fourth-order valence-electron chi connectivity index (χ4n) is 7.25. The zero-order valence-corrected chi connectivity index (χ0v) is 22.5. The summed E-state index contributed by atoms with van der Waals surface area (Å²) in [5.41, 5.74) is 2.89. The molecule has 3 aromatic rings. The summed E-state index contributed by atoms with van der Waals surface area (Å²) < 4.78 is 15.8. The van der Waals surface area contributed by atoms with Gasteiger partial charge in [0, 0.05) is 24.3 Å². The first-order valence-electron chi connectivity index (χ1n) is 14.9. The topological polar surface area (TPSA) is 41.4 Å². The van der Waals surface area contributed by atoms with Crippen LogP contribution in [0.3, 0.4) is 0 Å². The maximum Gasteiger partial charge on any atom is 0.227 e. The van der Waals surface area contributed by atoms with Crippen LogP contribution in [0.4, 0.5) is 4.39 Å². The van der Waals surface area contributed by atoms with Gasteiger partial charge in [0.1, 0.15) is 11.6 Å². The minimum absolute atomic E-state index is 0.0660. The maximum atomic E-state index is 14.2. The molecular weight excluding hydrogens is 475 g/mol. The lowest BCUT2D eigenvalue weighted by Crippen LogP contribution is -2.53. The van der Waals surface area contributed by atoms with Crippen LogP contribution >= 0.6 is 0 Å². The van der Waals surface area contributed by atoms with Gasteiger partial charge >= 0.3 is 0 Å². The van der Waals surface area contributed by atoms with E-state index in [9.17, 15) is 9.18 Å². The van der Waals surface area contributed by atoms with E-state index in [-0.39, 0.29) is 11.7 Å². The Hall–Kier alpha value is -2.73. The third kappa shape index (κ3) is 5.38. The van der Waals surface area contributed by atoms with E-state index in [2.05, 4.69) is 20.4 Å². The molecule has 0 unspecified atom stereocenters. The Morgan fingerprint density at radius 2 is 1.50 bits per heavy atom. The molecular formula is C32H41FN4O. The Morgan fingerprint density at radius 3 is 2.18 bits per heavy atom. The zero-order chi connectivity index (χ0) is 25.9. The molecule has 0 N–H and O–H groups in total. The number of likely N-dealkylation sites (tertiary alicyclic amines) is 1. The zero-order valence-electron chi connectivity index (χ0n) is 22.5. The van der Waals surface area contributed by atoms with Crippen molar-refractivity contribution in [1.82, 2.24) is 19.4 Å². The van der Waals surface area contributed by atoms with Crippen LogP contribution in [0.5, 0.6) is 0 Å². The lowest BCUT2D eigenvalue weighted by atomic mass is 9.86. The summed E-state index contributed by atoms with van der Waals surface area (Å²) in [6.45, 7) is 2.45. The SMILES string of the molecule is O=C([C@H]1CCCN(Cc2nc3ccccc3n2-c2ccc(F)cc2)C1)N(C1CCCCC1)C1CCCCC1. The summed E-state index contributed by atoms with van der Waals surface area (Å²) in [7, 11) is 0. The largest absolute Gasteiger partial charge is 0.336 e. The molecule has 2 aliphatic carbocycles. The van der Waals surface area contributed by atoms with E-state index < -0.39 is 0 Å². The van der Waals surface area contributed by atoms with Crippen LogP contribution in [-0.4, -0.2) is 50.4 Å². The van der Waals surface area contributed by atoms with Gasteiger partial charge in [0.15, 0.2) is 0 Å². The van der Waals surface area contributed by atoms with Crippen molar-refractivity contribution in [3.05, 3.63) is 60.2 Å². The molecule has 2 aromatic carbocycles. The summed E-state index contributed by atoms with van der Waals surface area (Å²) in [6, 6.07) is 15.7. The Bertz CT molecular complexity index is 1210. The van der Waals surface area contributed by atoms with Crippen molar-refractivity contribution in [2.45, 2.75) is 95.7 Å². The van der Waals surface area contributed by atoms with Gasteiger partial charge in [-0.25, -0.2) is 9.37 Å². The molecule has 38 heavy (non-hydrogen) atoms. The first-order valence-corrected chi connectivity index (χ1v) is 14.9. The molecule has 1 saturated heterocycles. The number of rotatable bonds is 6. The maximum absolute atomic E-state index is 14.2. The summed E-state index contributed by atoms with van der Waals surface area (Å²) in [6.07, 6.45) is 14.4. The highest BCUT2D eigenvalue weighted by atomic mass is 19.1. The Morgan fingerprint density at radius 1 is 0.842 bits per heavy atom. The number of hydrogen-bond acceptors (Lipinski definition) is 3. The molecule has 2 saturated carbocycles. The molecule has 1 atom stereocenters. The van der Waals surface area contributed by atoms with E-state index in [1.807, 2.05) is 30.3 Å². The number of para-hydroxylation sites is 2. The highest BCUT2D eigenvalue weighted by Crippen LogP contribution is 2.33. The summed E-state index contributed by atoms with van der Waals surface area (Å²) >= 11 is 0. The van der Waals surface area contributed by atoms with Gasteiger partial charge in [0.25, 0.3) is 0 Å². The average Bonchev–Trinajstić information content (AvgIpc) is 3.32. The Labute approximate surface area is 226 Å². The number of amides is 1. The number of nitrogens with zero attached hydrogens (tertiary/aromatic N) is 4. The summed E-state index contributed by atoms with van der Waals surface area (Å²) in [5.74, 6) is 1.19. The lowest BCUT2D eigenvalue weighted by Gasteiger charge is -2.44. The van der Waals surface area contributed by atoms with E-state index >= 15 is 0 Å². The molecule has 1 aromatic heterocycles. The third-order valence-electron chi connectivity index (χ3n) is 9.13. The van der Waals surface area contributed by atoms with Crippen molar-refractivity contribution in [2.24, 2.45) is 5.92 Å². The smallest absolute Gasteiger partial charge is 0.227 e. The van der Waals surface area contributed by atoms with Gasteiger partial charge in [-0.05, 0) is 81.5 Å². The average molecular weight is 517 g/mol. The van der Waals surface area contributed by atoms with E-state index in [0.29, 0.717) is 24.5 Å². The molecule has 2 heterocycles. The number of aromatic nitrogens is 2. The standard InChI is InChI=1S/C32H41FN4O/c33-25-17-19-28(20-18-25)37-30-16-8-7-15-29(30)34-31(37)23-35-21-9-10-24(22-35)32(38)36(26-11-3-1-4-12-26)27-13-5-2-6-14-27/h7-8,15-20,24,26-27H,1-6,9-14,21-23H2/t24-/m0/s1. The van der Waals surface area contributed by atoms with E-state index in [1.54, 1.807) is 0 Å². The van der Waals surface area contributed by atoms with Crippen molar-refractivity contribution in [2.75, 3.05) is 13.1 Å². The highest BCUT2D eigenvalue weighted by molar-refractivity contribution is 5.80. The molecule has 6 heteroatoms. The molecule has 1 aliphatic heterocycles. The van der Waals surface area contributed by atoms with Gasteiger partial charge < -0.3 is 4.90 Å². The van der Waals surface area contributed by atoms with Crippen molar-refractivity contribution in [1.29, 1.82) is 0 Å². The van der Waals surface area contributed by atoms with E-state index in [0.717, 1.165) is 48.5 Å². The molecule has 6 rings (SSSR count). The minimum Gasteiger partial charge on any atom is -0.336 e. The van der Waals surface area contributed by atoms with Crippen molar-refractivity contribution >= 4 is 16.9 Å². The first-order chi connectivity index (χ1) is 18.7. The van der Waals surface area contributed by atoms with Gasteiger partial charge in [-0.15, -0.1) is 0 Å². The molecule has 3 fully saturated rings. The number of carbonyl (C=O) groups excluding carboxylic acids is 1. The summed E-state index contributed by atoms with van der Waals surface area (Å²) in [5, 5.41) is 0. The third-order valence-corrected chi connectivity index (χ3v) is 9.13. The van der Waals surface area contributed by atoms with Crippen LogP contribution in [0.1, 0.15) is 82.9 Å². The van der Waals surface area contributed by atoms with Gasteiger partial charge in [0.2, 0.25) is 5.91 Å². The molecule has 1 amide bonds. The van der Waals surface area contributed by atoms with Crippen LogP contribution in [0.15, 0.2) is 48.5 Å². The number of benzene rings is 2. The second kappa shape index (κ2) is 11.6. The van der Waals surface area contributed by atoms with Crippen molar-refractivity contribution < 1.29 is 9.18 Å². The first kappa shape index (κ1) is 25.5.